The Hall–Kier alpha value is -2.70. The van der Waals surface area contributed by atoms with E-state index >= 15 is 0 Å². The second kappa shape index (κ2) is 14.8. The molecule has 1 aliphatic rings. The molecule has 0 radical (unpaired) electrons. The summed E-state index contributed by atoms with van der Waals surface area (Å²) in [5, 5.41) is 0.721. The summed E-state index contributed by atoms with van der Waals surface area (Å²) in [6.07, 6.45) is -4.65. The quantitative estimate of drug-likeness (QED) is 0.325. The molecule has 0 amide bonds. The number of hydrogen-bond acceptors (Lipinski definition) is 3. The van der Waals surface area contributed by atoms with E-state index in [1.807, 2.05) is 76.2 Å². The predicted molar refractivity (Wildman–Crippen MR) is 144 cm³/mol. The molecule has 4 rings (SSSR count). The summed E-state index contributed by atoms with van der Waals surface area (Å²) in [5.74, 6) is 0.421. The van der Waals surface area contributed by atoms with Crippen molar-refractivity contribution in [1.29, 1.82) is 0 Å². The summed E-state index contributed by atoms with van der Waals surface area (Å²) in [7, 11) is 0. The molecule has 3 aromatic carbocycles. The Kier molecular flexibility index (Phi) is 12.1. The third-order valence-corrected chi connectivity index (χ3v) is 5.84. The van der Waals surface area contributed by atoms with Crippen molar-refractivity contribution in [3.63, 3.8) is 0 Å². The van der Waals surface area contributed by atoms with Crippen LogP contribution in [0.3, 0.4) is 0 Å². The highest BCUT2D eigenvalue weighted by molar-refractivity contribution is 6.30. The van der Waals surface area contributed by atoms with Crippen molar-refractivity contribution in [3.05, 3.63) is 95.0 Å². The monoisotopic (exact) mass is 520 g/mol. The lowest BCUT2D eigenvalue weighted by molar-refractivity contribution is -0.137. The van der Waals surface area contributed by atoms with Crippen LogP contribution in [0.4, 0.5) is 18.9 Å². The molecule has 0 saturated carbocycles. The van der Waals surface area contributed by atoms with Crippen LogP contribution in [0.2, 0.25) is 5.02 Å². The summed E-state index contributed by atoms with van der Waals surface area (Å²) in [6, 6.07) is 22.5. The van der Waals surface area contributed by atoms with Gasteiger partial charge in [-0.1, -0.05) is 75.7 Å². The summed E-state index contributed by atoms with van der Waals surface area (Å²) in [4.78, 5) is 4.62. The molecule has 1 aliphatic heterocycles. The second-order valence-corrected chi connectivity index (χ2v) is 8.24. The number of piperazine rings is 1. The SMILES string of the molecule is CC.CC.FC(F)(F)c1ccc(OC(CN2CCN(c3cccc(Cl)c3)CC2)c2ccccc2)cc1. The number of nitrogens with zero attached hydrogens (tertiary/aromatic N) is 2. The Morgan fingerprint density at radius 3 is 1.97 bits per heavy atom. The number of hydrogen-bond donors (Lipinski definition) is 0. The first-order valence-electron chi connectivity index (χ1n) is 12.5. The van der Waals surface area contributed by atoms with E-state index in [1.165, 1.54) is 12.1 Å². The van der Waals surface area contributed by atoms with E-state index in [1.54, 1.807) is 0 Å². The van der Waals surface area contributed by atoms with Gasteiger partial charge in [0.1, 0.15) is 11.9 Å². The van der Waals surface area contributed by atoms with Crippen LogP contribution in [-0.4, -0.2) is 37.6 Å². The number of ether oxygens (including phenoxy) is 1. The third kappa shape index (κ3) is 8.75. The van der Waals surface area contributed by atoms with Crippen molar-refractivity contribution in [2.24, 2.45) is 0 Å². The number of anilines is 1. The molecule has 3 aromatic rings. The molecular weight excluding hydrogens is 485 g/mol. The van der Waals surface area contributed by atoms with Crippen LogP contribution >= 0.6 is 11.6 Å². The molecule has 0 spiro atoms. The molecule has 0 bridgehead atoms. The fourth-order valence-corrected chi connectivity index (χ4v) is 4.05. The fourth-order valence-electron chi connectivity index (χ4n) is 3.86. The van der Waals surface area contributed by atoms with Crippen molar-refractivity contribution in [2.75, 3.05) is 37.6 Å². The van der Waals surface area contributed by atoms with Crippen molar-refractivity contribution in [1.82, 2.24) is 4.90 Å². The summed E-state index contributed by atoms with van der Waals surface area (Å²) in [5.41, 5.74) is 1.42. The van der Waals surface area contributed by atoms with Gasteiger partial charge < -0.3 is 9.64 Å². The average Bonchev–Trinajstić information content (AvgIpc) is 2.91. The zero-order valence-electron chi connectivity index (χ0n) is 21.4. The first kappa shape index (κ1) is 29.5. The molecule has 7 heteroatoms. The molecular formula is C29H36ClF3N2O. The van der Waals surface area contributed by atoms with E-state index in [4.69, 9.17) is 16.3 Å². The van der Waals surface area contributed by atoms with Crippen molar-refractivity contribution >= 4 is 17.3 Å². The van der Waals surface area contributed by atoms with Gasteiger partial charge in [-0.3, -0.25) is 4.90 Å². The van der Waals surface area contributed by atoms with Crippen LogP contribution in [0.25, 0.3) is 0 Å². The number of alkyl halides is 3. The van der Waals surface area contributed by atoms with Crippen LogP contribution in [0.1, 0.15) is 44.9 Å². The Morgan fingerprint density at radius 1 is 0.806 bits per heavy atom. The van der Waals surface area contributed by atoms with E-state index in [2.05, 4.69) is 15.9 Å². The zero-order valence-corrected chi connectivity index (χ0v) is 22.2. The lowest BCUT2D eigenvalue weighted by atomic mass is 10.1. The van der Waals surface area contributed by atoms with Gasteiger partial charge in [-0.15, -0.1) is 0 Å². The van der Waals surface area contributed by atoms with Gasteiger partial charge in [0.2, 0.25) is 0 Å². The molecule has 36 heavy (non-hydrogen) atoms. The van der Waals surface area contributed by atoms with Crippen molar-refractivity contribution in [2.45, 2.75) is 40.0 Å². The predicted octanol–water partition coefficient (Wildman–Crippen LogP) is 8.35. The fraction of sp³-hybridized carbons (Fsp3) is 0.379. The maximum atomic E-state index is 12.9. The smallest absolute Gasteiger partial charge is 0.416 e. The topological polar surface area (TPSA) is 15.7 Å². The van der Waals surface area contributed by atoms with Crippen molar-refractivity contribution < 1.29 is 17.9 Å². The molecule has 1 saturated heterocycles. The normalized spacial score (nSPS) is 14.6. The van der Waals surface area contributed by atoms with Crippen LogP contribution in [0.5, 0.6) is 5.75 Å². The Balaban J connectivity index is 0.00000109. The minimum Gasteiger partial charge on any atom is -0.484 e. The Labute approximate surface area is 218 Å². The second-order valence-electron chi connectivity index (χ2n) is 7.81. The molecule has 1 unspecified atom stereocenters. The lowest BCUT2D eigenvalue weighted by Crippen LogP contribution is -2.48. The van der Waals surface area contributed by atoms with Gasteiger partial charge >= 0.3 is 6.18 Å². The Morgan fingerprint density at radius 2 is 1.42 bits per heavy atom. The zero-order chi connectivity index (χ0) is 26.6. The summed E-state index contributed by atoms with van der Waals surface area (Å²) < 4.78 is 44.8. The van der Waals surface area contributed by atoms with Gasteiger partial charge in [-0.25, -0.2) is 0 Å². The minimum absolute atomic E-state index is 0.286. The van der Waals surface area contributed by atoms with Gasteiger partial charge in [-0.05, 0) is 48.0 Å². The Bertz CT molecular complexity index is 1010. The van der Waals surface area contributed by atoms with E-state index < -0.39 is 11.7 Å². The molecule has 3 nitrogen and oxygen atoms in total. The first-order chi connectivity index (χ1) is 17.4. The molecule has 0 N–H and O–H groups in total. The molecule has 0 aromatic heterocycles. The van der Waals surface area contributed by atoms with Gasteiger partial charge in [0.25, 0.3) is 0 Å². The van der Waals surface area contributed by atoms with Crippen LogP contribution < -0.4 is 9.64 Å². The van der Waals surface area contributed by atoms with Crippen LogP contribution in [0.15, 0.2) is 78.9 Å². The molecule has 1 heterocycles. The summed E-state index contributed by atoms with van der Waals surface area (Å²) >= 11 is 6.13. The molecule has 1 fully saturated rings. The highest BCUT2D eigenvalue weighted by Gasteiger charge is 2.30. The van der Waals surface area contributed by atoms with Gasteiger partial charge in [0.15, 0.2) is 0 Å². The largest absolute Gasteiger partial charge is 0.484 e. The van der Waals surface area contributed by atoms with Crippen LogP contribution in [0, 0.1) is 0 Å². The maximum Gasteiger partial charge on any atom is 0.416 e. The van der Waals surface area contributed by atoms with E-state index in [0.29, 0.717) is 12.3 Å². The van der Waals surface area contributed by atoms with Crippen LogP contribution in [-0.2, 0) is 6.18 Å². The van der Waals surface area contributed by atoms with Gasteiger partial charge in [-0.2, -0.15) is 13.2 Å². The molecule has 1 atom stereocenters. The maximum absolute atomic E-state index is 12.9. The van der Waals surface area contributed by atoms with Gasteiger partial charge in [0.05, 0.1) is 5.56 Å². The molecule has 0 aliphatic carbocycles. The van der Waals surface area contributed by atoms with E-state index in [9.17, 15) is 13.2 Å². The first-order valence-corrected chi connectivity index (χ1v) is 12.9. The van der Waals surface area contributed by atoms with E-state index in [-0.39, 0.29) is 6.10 Å². The minimum atomic E-state index is -4.36. The van der Waals surface area contributed by atoms with Gasteiger partial charge in [0, 0.05) is 43.4 Å². The lowest BCUT2D eigenvalue weighted by Gasteiger charge is -2.37. The standard InChI is InChI=1S/C25H24ClF3N2O.2C2H6/c26-21-7-4-8-22(17-21)31-15-13-30(14-16-31)18-24(19-5-2-1-3-6-19)32-23-11-9-20(10-12-23)25(27,28)29;2*1-2/h1-12,17,24H,13-16,18H2;2*1-2H3. The van der Waals surface area contributed by atoms with E-state index in [0.717, 1.165) is 54.6 Å². The highest BCUT2D eigenvalue weighted by Crippen LogP contribution is 2.31. The third-order valence-electron chi connectivity index (χ3n) is 5.60. The van der Waals surface area contributed by atoms with Crippen molar-refractivity contribution in [3.8, 4) is 5.75 Å². The average molecular weight is 521 g/mol. The molecule has 196 valence electrons. The number of rotatable bonds is 6. The number of halogens is 4. The number of benzene rings is 3. The highest BCUT2D eigenvalue weighted by atomic mass is 35.5. The summed E-state index contributed by atoms with van der Waals surface area (Å²) in [6.45, 7) is 12.1.